The molecule has 2 heterocycles. The summed E-state index contributed by atoms with van der Waals surface area (Å²) in [5.41, 5.74) is 4.38. The molecule has 156 valence electrons. The highest BCUT2D eigenvalue weighted by Gasteiger charge is 2.30. The Balaban J connectivity index is 0.00000256. The van der Waals surface area contributed by atoms with Gasteiger partial charge in [0.15, 0.2) is 0 Å². The van der Waals surface area contributed by atoms with Crippen molar-refractivity contribution in [3.63, 3.8) is 0 Å². The lowest BCUT2D eigenvalue weighted by Crippen LogP contribution is -2.38. The van der Waals surface area contributed by atoms with Gasteiger partial charge in [0.05, 0.1) is 12.3 Å². The summed E-state index contributed by atoms with van der Waals surface area (Å²) in [5.74, 6) is 1.93. The van der Waals surface area contributed by atoms with Crippen molar-refractivity contribution in [2.75, 3.05) is 11.9 Å². The van der Waals surface area contributed by atoms with Gasteiger partial charge < -0.3 is 5.48 Å². The normalized spacial score (nSPS) is 12.1. The van der Waals surface area contributed by atoms with Gasteiger partial charge in [0, 0.05) is 16.2 Å². The van der Waals surface area contributed by atoms with E-state index in [-0.39, 0.29) is 5.48 Å². The fourth-order valence-electron chi connectivity index (χ4n) is 3.76. The van der Waals surface area contributed by atoms with Gasteiger partial charge in [-0.1, -0.05) is 68.3 Å². The second-order valence-corrected chi connectivity index (χ2v) is 7.23. The molecule has 0 unspecified atom stereocenters. The van der Waals surface area contributed by atoms with E-state index in [1.54, 1.807) is 0 Å². The number of aromatic nitrogens is 3. The SMILES string of the molecule is C=CCn1nc(NCCCCC)[n+]2c1CN=C(c1ccccc1)c1ccccc1-2.[OH-]. The fourth-order valence-corrected chi connectivity index (χ4v) is 3.76. The molecule has 0 atom stereocenters. The van der Waals surface area contributed by atoms with Crippen LogP contribution in [0.4, 0.5) is 5.95 Å². The summed E-state index contributed by atoms with van der Waals surface area (Å²) in [4.78, 5) is 5.01. The lowest BCUT2D eigenvalue weighted by atomic mass is 10.0. The van der Waals surface area contributed by atoms with Gasteiger partial charge in [0.1, 0.15) is 18.8 Å². The molecule has 6 nitrogen and oxygen atoms in total. The number of aliphatic imine (C=N–C) groups is 1. The highest BCUT2D eigenvalue weighted by Crippen LogP contribution is 2.22. The van der Waals surface area contributed by atoms with Crippen molar-refractivity contribution in [2.24, 2.45) is 4.99 Å². The first-order chi connectivity index (χ1) is 14.3. The molecule has 2 N–H and O–H groups in total. The van der Waals surface area contributed by atoms with Gasteiger partial charge in [-0.25, -0.2) is 0 Å². The van der Waals surface area contributed by atoms with Crippen LogP contribution in [0.1, 0.15) is 43.1 Å². The van der Waals surface area contributed by atoms with Gasteiger partial charge >= 0.3 is 5.95 Å². The number of unbranched alkanes of at least 4 members (excludes halogenated alkanes) is 2. The third-order valence-corrected chi connectivity index (χ3v) is 5.17. The van der Waals surface area contributed by atoms with Gasteiger partial charge in [-0.05, 0) is 18.6 Å². The van der Waals surface area contributed by atoms with Crippen LogP contribution in [0, 0.1) is 0 Å². The molecule has 3 aromatic rings. The van der Waals surface area contributed by atoms with Crippen LogP contribution in [0.25, 0.3) is 5.69 Å². The Hall–Kier alpha value is -3.25. The van der Waals surface area contributed by atoms with Crippen molar-refractivity contribution < 1.29 is 10.0 Å². The number of rotatable bonds is 8. The number of hydrogen-bond acceptors (Lipinski definition) is 4. The number of allylic oxidation sites excluding steroid dienone is 1. The molecular weight excluding hydrogens is 374 g/mol. The van der Waals surface area contributed by atoms with Gasteiger partial charge in [0.2, 0.25) is 5.82 Å². The molecule has 0 bridgehead atoms. The number of para-hydroxylation sites is 1. The minimum absolute atomic E-state index is 0. The maximum absolute atomic E-state index is 5.01. The van der Waals surface area contributed by atoms with E-state index < -0.39 is 0 Å². The molecule has 0 saturated carbocycles. The predicted octanol–water partition coefficient (Wildman–Crippen LogP) is 4.12. The van der Waals surface area contributed by atoms with E-state index in [1.165, 1.54) is 12.8 Å². The smallest absolute Gasteiger partial charge is 0.382 e. The minimum Gasteiger partial charge on any atom is -0.870 e. The first-order valence-corrected chi connectivity index (χ1v) is 10.4. The molecule has 1 aromatic heterocycles. The van der Waals surface area contributed by atoms with Crippen LogP contribution in [0.15, 0.2) is 72.2 Å². The zero-order valence-corrected chi connectivity index (χ0v) is 17.5. The Morgan fingerprint density at radius 2 is 1.87 bits per heavy atom. The average molecular weight is 404 g/mol. The molecule has 0 spiro atoms. The van der Waals surface area contributed by atoms with Crippen LogP contribution in [0.3, 0.4) is 0 Å². The van der Waals surface area contributed by atoms with Crippen LogP contribution >= 0.6 is 0 Å². The Labute approximate surface area is 177 Å². The maximum Gasteiger partial charge on any atom is 0.382 e. The summed E-state index contributed by atoms with van der Waals surface area (Å²) in [7, 11) is 0. The summed E-state index contributed by atoms with van der Waals surface area (Å²) in [6.45, 7) is 8.26. The second kappa shape index (κ2) is 9.98. The van der Waals surface area contributed by atoms with E-state index in [0.717, 1.165) is 47.3 Å². The largest absolute Gasteiger partial charge is 0.870 e. The molecule has 0 saturated heterocycles. The molecule has 0 radical (unpaired) electrons. The molecule has 1 aliphatic heterocycles. The van der Waals surface area contributed by atoms with Crippen molar-refractivity contribution in [1.29, 1.82) is 0 Å². The second-order valence-electron chi connectivity index (χ2n) is 7.23. The molecule has 0 aliphatic carbocycles. The van der Waals surface area contributed by atoms with E-state index in [1.807, 2.05) is 16.8 Å². The topological polar surface area (TPSA) is 76.1 Å². The molecule has 0 amide bonds. The molecule has 6 heteroatoms. The molecule has 30 heavy (non-hydrogen) atoms. The molecule has 0 fully saturated rings. The fraction of sp³-hybridized carbons (Fsp3) is 0.292. The third-order valence-electron chi connectivity index (χ3n) is 5.17. The standard InChI is InChI=1S/C24H28N5.H2O/c1-3-5-11-16-25-24-27-28(17-4-2)22-18-26-23(19-12-7-6-8-13-19)20-14-9-10-15-21(20)29(22)24;/h4,6-10,12-15H,2-3,5,11,16-18H2,1H3,(H,25,27);1H2/q+1;/p-1. The number of nitrogens with one attached hydrogen (secondary N) is 1. The summed E-state index contributed by atoms with van der Waals surface area (Å²) in [6.07, 6.45) is 5.43. The van der Waals surface area contributed by atoms with E-state index in [9.17, 15) is 0 Å². The van der Waals surface area contributed by atoms with Crippen molar-refractivity contribution in [1.82, 2.24) is 9.78 Å². The first-order valence-electron chi connectivity index (χ1n) is 10.4. The van der Waals surface area contributed by atoms with Crippen molar-refractivity contribution in [3.8, 4) is 5.69 Å². The number of fused-ring (bicyclic) bond motifs is 3. The Morgan fingerprint density at radius 1 is 1.10 bits per heavy atom. The highest BCUT2D eigenvalue weighted by atomic mass is 16.0. The number of nitrogens with zero attached hydrogens (tertiary/aromatic N) is 4. The molecule has 2 aromatic carbocycles. The molecule has 1 aliphatic rings. The average Bonchev–Trinajstić information content (AvgIpc) is 2.99. The quantitative estimate of drug-likeness (QED) is 0.349. The van der Waals surface area contributed by atoms with E-state index in [0.29, 0.717) is 13.1 Å². The highest BCUT2D eigenvalue weighted by molar-refractivity contribution is 6.14. The lowest BCUT2D eigenvalue weighted by Gasteiger charge is -2.10. The van der Waals surface area contributed by atoms with Crippen molar-refractivity contribution in [2.45, 2.75) is 39.3 Å². The zero-order chi connectivity index (χ0) is 20.1. The van der Waals surface area contributed by atoms with Crippen LogP contribution in [-0.2, 0) is 13.1 Å². The third kappa shape index (κ3) is 4.19. The van der Waals surface area contributed by atoms with Gasteiger partial charge in [-0.15, -0.1) is 11.3 Å². The summed E-state index contributed by atoms with van der Waals surface area (Å²) < 4.78 is 4.23. The number of anilines is 1. The summed E-state index contributed by atoms with van der Waals surface area (Å²) in [5, 5.41) is 8.40. The van der Waals surface area contributed by atoms with Crippen LogP contribution in [0.2, 0.25) is 0 Å². The monoisotopic (exact) mass is 403 g/mol. The number of benzene rings is 2. The molecule has 4 rings (SSSR count). The van der Waals surface area contributed by atoms with Gasteiger partial charge in [0.25, 0.3) is 0 Å². The van der Waals surface area contributed by atoms with Crippen LogP contribution in [-0.4, -0.2) is 27.5 Å². The maximum atomic E-state index is 5.01. The van der Waals surface area contributed by atoms with Crippen molar-refractivity contribution >= 4 is 11.7 Å². The van der Waals surface area contributed by atoms with Crippen LogP contribution < -0.4 is 9.88 Å². The molecular formula is C24H29N5O. The first kappa shape index (κ1) is 21.5. The zero-order valence-electron chi connectivity index (χ0n) is 17.5. The Morgan fingerprint density at radius 3 is 2.63 bits per heavy atom. The van der Waals surface area contributed by atoms with Crippen LogP contribution in [0.5, 0.6) is 0 Å². The number of hydrogen-bond donors (Lipinski definition) is 1. The lowest BCUT2D eigenvalue weighted by molar-refractivity contribution is -0.590. The van der Waals surface area contributed by atoms with E-state index >= 15 is 0 Å². The van der Waals surface area contributed by atoms with Gasteiger partial charge in [-0.3, -0.25) is 10.3 Å². The van der Waals surface area contributed by atoms with E-state index in [4.69, 9.17) is 10.1 Å². The minimum atomic E-state index is 0. The Bertz CT molecular complexity index is 1020. The Kier molecular flexibility index (Phi) is 7.14. The van der Waals surface area contributed by atoms with Gasteiger partial charge in [-0.2, -0.15) is 4.57 Å². The van der Waals surface area contributed by atoms with Crippen molar-refractivity contribution in [3.05, 3.63) is 84.2 Å². The summed E-state index contributed by atoms with van der Waals surface area (Å²) in [6, 6.07) is 18.9. The van der Waals surface area contributed by atoms with E-state index in [2.05, 4.69) is 71.9 Å². The summed E-state index contributed by atoms with van der Waals surface area (Å²) >= 11 is 0. The predicted molar refractivity (Wildman–Crippen MR) is 120 cm³/mol.